The molecule has 0 saturated heterocycles. The van der Waals surface area contributed by atoms with Gasteiger partial charge in [0.2, 0.25) is 5.28 Å². The molecule has 0 amide bonds. The second kappa shape index (κ2) is 2.67. The Kier molecular flexibility index (Phi) is 1.65. The van der Waals surface area contributed by atoms with Gasteiger partial charge in [0.05, 0.1) is 6.20 Å². The van der Waals surface area contributed by atoms with Crippen LogP contribution in [0.4, 0.5) is 0 Å². The lowest BCUT2D eigenvalue weighted by molar-refractivity contribution is 0.130. The normalized spacial score (nSPS) is 10.8. The largest absolute Gasteiger partial charge is 0.411 e. The van der Waals surface area contributed by atoms with Crippen molar-refractivity contribution in [2.75, 3.05) is 6.61 Å². The minimum absolute atomic E-state index is 0.337. The van der Waals surface area contributed by atoms with E-state index in [0.29, 0.717) is 17.7 Å². The lowest BCUT2D eigenvalue weighted by atomic mass is 10.9. The van der Waals surface area contributed by atoms with Crippen LogP contribution < -0.4 is 4.84 Å². The predicted octanol–water partition coefficient (Wildman–Crippen LogP) is 0.633. The first-order valence-corrected chi connectivity index (χ1v) is 3.91. The van der Waals surface area contributed by atoms with Crippen molar-refractivity contribution in [2.24, 2.45) is 0 Å². The van der Waals surface area contributed by atoms with Gasteiger partial charge in [-0.2, -0.15) is 4.73 Å². The van der Waals surface area contributed by atoms with E-state index in [1.807, 2.05) is 6.92 Å². The molecule has 2 heterocycles. The highest BCUT2D eigenvalue weighted by atomic mass is 35.5. The molecule has 2 rings (SSSR count). The molecule has 5 nitrogen and oxygen atoms in total. The number of halogens is 1. The van der Waals surface area contributed by atoms with Crippen molar-refractivity contribution in [1.29, 1.82) is 0 Å². The molecule has 2 aromatic rings. The number of aromatic nitrogens is 4. The van der Waals surface area contributed by atoms with Crippen molar-refractivity contribution in [1.82, 2.24) is 19.3 Å². The quantitative estimate of drug-likeness (QED) is 0.691. The van der Waals surface area contributed by atoms with Gasteiger partial charge in [0, 0.05) is 6.20 Å². The van der Waals surface area contributed by atoms with E-state index in [2.05, 4.69) is 10.2 Å². The third-order valence-corrected chi connectivity index (χ3v) is 1.71. The van der Waals surface area contributed by atoms with Crippen molar-refractivity contribution < 1.29 is 4.84 Å². The molecule has 0 aliphatic rings. The van der Waals surface area contributed by atoms with Gasteiger partial charge in [0.25, 0.3) is 5.78 Å². The van der Waals surface area contributed by atoms with Crippen LogP contribution >= 0.6 is 11.6 Å². The fourth-order valence-corrected chi connectivity index (χ4v) is 1.15. The highest BCUT2D eigenvalue weighted by molar-refractivity contribution is 6.28. The highest BCUT2D eigenvalue weighted by Crippen LogP contribution is 2.07. The number of rotatable bonds is 2. The molecule has 0 bridgehead atoms. The number of hydrogen-bond donors (Lipinski definition) is 0. The third kappa shape index (κ3) is 0.937. The average Bonchev–Trinajstić information content (AvgIpc) is 2.58. The van der Waals surface area contributed by atoms with Crippen LogP contribution in [0.2, 0.25) is 5.28 Å². The number of imidazole rings is 1. The SMILES string of the molecule is CCOn1ccn2c(Cl)nnc12. The lowest BCUT2D eigenvalue weighted by Gasteiger charge is -1.99. The Bertz CT molecular complexity index is 393. The van der Waals surface area contributed by atoms with Crippen LogP contribution in [0.25, 0.3) is 5.78 Å². The summed E-state index contributed by atoms with van der Waals surface area (Å²) in [5.41, 5.74) is 0. The molecule has 0 spiro atoms. The molecule has 0 radical (unpaired) electrons. The van der Waals surface area contributed by atoms with Crippen molar-refractivity contribution in [3.63, 3.8) is 0 Å². The Morgan fingerprint density at radius 2 is 2.33 bits per heavy atom. The number of nitrogens with zero attached hydrogens (tertiary/aromatic N) is 4. The van der Waals surface area contributed by atoms with Gasteiger partial charge in [0.1, 0.15) is 6.61 Å². The second-order valence-electron chi connectivity index (χ2n) is 2.18. The minimum atomic E-state index is 0.337. The molecule has 0 saturated carbocycles. The summed E-state index contributed by atoms with van der Waals surface area (Å²) < 4.78 is 3.16. The van der Waals surface area contributed by atoms with Gasteiger partial charge >= 0.3 is 0 Å². The monoisotopic (exact) mass is 186 g/mol. The molecule has 6 heteroatoms. The molecule has 0 aliphatic heterocycles. The van der Waals surface area contributed by atoms with Crippen LogP contribution in [0.15, 0.2) is 12.4 Å². The first-order valence-electron chi connectivity index (χ1n) is 3.54. The van der Waals surface area contributed by atoms with Gasteiger partial charge in [0.15, 0.2) is 0 Å². The minimum Gasteiger partial charge on any atom is -0.411 e. The Morgan fingerprint density at radius 1 is 1.50 bits per heavy atom. The molecule has 0 aliphatic carbocycles. The number of fused-ring (bicyclic) bond motifs is 1. The zero-order chi connectivity index (χ0) is 8.55. The van der Waals surface area contributed by atoms with E-state index in [0.717, 1.165) is 0 Å². The van der Waals surface area contributed by atoms with Gasteiger partial charge in [-0.15, -0.1) is 10.2 Å². The Morgan fingerprint density at radius 3 is 3.08 bits per heavy atom. The average molecular weight is 187 g/mol. The van der Waals surface area contributed by atoms with Crippen LogP contribution in [0.5, 0.6) is 0 Å². The van der Waals surface area contributed by atoms with Crippen molar-refractivity contribution in [2.45, 2.75) is 6.92 Å². The second-order valence-corrected chi connectivity index (χ2v) is 2.52. The van der Waals surface area contributed by atoms with Gasteiger partial charge < -0.3 is 4.84 Å². The van der Waals surface area contributed by atoms with Gasteiger partial charge in [-0.25, -0.2) is 0 Å². The predicted molar refractivity (Wildman–Crippen MR) is 43.1 cm³/mol. The van der Waals surface area contributed by atoms with E-state index in [1.165, 1.54) is 4.73 Å². The van der Waals surface area contributed by atoms with Gasteiger partial charge in [-0.3, -0.25) is 4.40 Å². The maximum Gasteiger partial charge on any atom is 0.269 e. The van der Waals surface area contributed by atoms with E-state index >= 15 is 0 Å². The molecule has 2 aromatic heterocycles. The third-order valence-electron chi connectivity index (χ3n) is 1.45. The summed E-state index contributed by atoms with van der Waals surface area (Å²) in [6.07, 6.45) is 3.48. The maximum absolute atomic E-state index is 5.71. The smallest absolute Gasteiger partial charge is 0.269 e. The van der Waals surface area contributed by atoms with Crippen LogP contribution in [0, 0.1) is 0 Å². The van der Waals surface area contributed by atoms with Crippen LogP contribution in [-0.4, -0.2) is 25.9 Å². The van der Waals surface area contributed by atoms with Crippen molar-refractivity contribution in [3.05, 3.63) is 17.7 Å². The fraction of sp³-hybridized carbons (Fsp3) is 0.333. The highest BCUT2D eigenvalue weighted by Gasteiger charge is 2.06. The van der Waals surface area contributed by atoms with E-state index < -0.39 is 0 Å². The zero-order valence-electron chi connectivity index (χ0n) is 6.44. The summed E-state index contributed by atoms with van der Waals surface area (Å²) in [5, 5.41) is 7.83. The van der Waals surface area contributed by atoms with E-state index in [4.69, 9.17) is 16.4 Å². The summed E-state index contributed by atoms with van der Waals surface area (Å²) in [5.74, 6) is 0.585. The first-order chi connectivity index (χ1) is 5.83. The maximum atomic E-state index is 5.71. The summed E-state index contributed by atoms with van der Waals surface area (Å²) in [6.45, 7) is 2.48. The molecule has 0 fully saturated rings. The Hall–Kier alpha value is -1.23. The number of hydrogen-bond acceptors (Lipinski definition) is 3. The van der Waals surface area contributed by atoms with Crippen LogP contribution in [-0.2, 0) is 0 Å². The van der Waals surface area contributed by atoms with Gasteiger partial charge in [-0.1, -0.05) is 0 Å². The molecular formula is C6H7ClN4O. The summed E-state index contributed by atoms with van der Waals surface area (Å²) in [6, 6.07) is 0. The van der Waals surface area contributed by atoms with E-state index in [1.54, 1.807) is 16.8 Å². The zero-order valence-corrected chi connectivity index (χ0v) is 7.19. The van der Waals surface area contributed by atoms with E-state index in [9.17, 15) is 0 Å². The summed E-state index contributed by atoms with van der Waals surface area (Å²) in [4.78, 5) is 5.21. The topological polar surface area (TPSA) is 44.4 Å². The molecule has 12 heavy (non-hydrogen) atoms. The Balaban J connectivity index is 2.55. The van der Waals surface area contributed by atoms with Crippen LogP contribution in [0.1, 0.15) is 6.92 Å². The molecule has 64 valence electrons. The summed E-state index contributed by atoms with van der Waals surface area (Å²) in [7, 11) is 0. The fourth-order valence-electron chi connectivity index (χ4n) is 0.977. The van der Waals surface area contributed by atoms with Crippen molar-refractivity contribution in [3.8, 4) is 0 Å². The molecular weight excluding hydrogens is 180 g/mol. The van der Waals surface area contributed by atoms with Gasteiger partial charge in [-0.05, 0) is 18.5 Å². The molecule has 0 N–H and O–H groups in total. The Labute approximate surface area is 73.5 Å². The molecule has 0 unspecified atom stereocenters. The molecule has 0 atom stereocenters. The standard InChI is InChI=1S/C6H7ClN4O/c1-2-12-11-4-3-10-5(7)8-9-6(10)11/h3-4H,2H2,1H3. The van der Waals surface area contributed by atoms with Crippen molar-refractivity contribution >= 4 is 17.4 Å². The molecule has 0 aromatic carbocycles. The first kappa shape index (κ1) is 7.42. The van der Waals surface area contributed by atoms with Crippen LogP contribution in [0.3, 0.4) is 0 Å². The summed E-state index contributed by atoms with van der Waals surface area (Å²) >= 11 is 5.71. The lowest BCUT2D eigenvalue weighted by Crippen LogP contribution is -2.09. The van der Waals surface area contributed by atoms with E-state index in [-0.39, 0.29) is 0 Å².